The van der Waals surface area contributed by atoms with E-state index in [1.165, 1.54) is 18.9 Å². The van der Waals surface area contributed by atoms with E-state index in [9.17, 15) is 4.39 Å². The van der Waals surface area contributed by atoms with Crippen LogP contribution >= 0.6 is 0 Å². The summed E-state index contributed by atoms with van der Waals surface area (Å²) in [5.41, 5.74) is 7.07. The number of anilines is 1. The summed E-state index contributed by atoms with van der Waals surface area (Å²) in [4.78, 5) is 2.31. The van der Waals surface area contributed by atoms with Crippen molar-refractivity contribution >= 4 is 5.69 Å². The predicted molar refractivity (Wildman–Crippen MR) is 71.8 cm³/mol. The zero-order chi connectivity index (χ0) is 13.2. The van der Waals surface area contributed by atoms with Crippen LogP contribution in [0.2, 0.25) is 0 Å². The molecule has 0 radical (unpaired) electrons. The number of halogens is 1. The molecule has 0 spiro atoms. The second kappa shape index (κ2) is 5.05. The molecule has 3 rings (SSSR count). The van der Waals surface area contributed by atoms with Crippen LogP contribution in [0.3, 0.4) is 0 Å². The van der Waals surface area contributed by atoms with Crippen LogP contribution in [0, 0.1) is 5.82 Å². The zero-order valence-corrected chi connectivity index (χ0v) is 10.7. The van der Waals surface area contributed by atoms with Gasteiger partial charge in [-0.15, -0.1) is 0 Å². The minimum atomic E-state index is -0.274. The van der Waals surface area contributed by atoms with Gasteiger partial charge in [0.2, 0.25) is 0 Å². The first kappa shape index (κ1) is 12.2. The van der Waals surface area contributed by atoms with Crippen LogP contribution in [0.5, 0.6) is 0 Å². The number of furan rings is 1. The molecule has 1 aliphatic carbocycles. The van der Waals surface area contributed by atoms with Crippen LogP contribution in [0.15, 0.2) is 41.0 Å². The average Bonchev–Trinajstić information content (AvgIpc) is 3.06. The Morgan fingerprint density at radius 1 is 1.26 bits per heavy atom. The van der Waals surface area contributed by atoms with E-state index in [2.05, 4.69) is 4.90 Å². The summed E-state index contributed by atoms with van der Waals surface area (Å²) in [5.74, 6) is 0.667. The van der Waals surface area contributed by atoms with Crippen molar-refractivity contribution in [1.29, 1.82) is 0 Å². The van der Waals surface area contributed by atoms with E-state index in [4.69, 9.17) is 10.2 Å². The van der Waals surface area contributed by atoms with Crippen LogP contribution in [0.25, 0.3) is 0 Å². The highest BCUT2D eigenvalue weighted by atomic mass is 19.1. The molecule has 2 aromatic rings. The molecule has 0 unspecified atom stereocenters. The summed E-state index contributed by atoms with van der Waals surface area (Å²) in [6.07, 6.45) is 4.08. The maximum atomic E-state index is 13.4. The van der Waals surface area contributed by atoms with Gasteiger partial charge in [-0.3, -0.25) is 4.90 Å². The van der Waals surface area contributed by atoms with E-state index < -0.39 is 0 Å². The summed E-state index contributed by atoms with van der Waals surface area (Å²) in [6.45, 7) is 1.46. The molecule has 0 saturated heterocycles. The van der Waals surface area contributed by atoms with E-state index >= 15 is 0 Å². The highest BCUT2D eigenvalue weighted by Gasteiger charge is 2.29. The molecule has 0 bridgehead atoms. The maximum Gasteiger partial charge on any atom is 0.125 e. The van der Waals surface area contributed by atoms with Crippen molar-refractivity contribution in [3.63, 3.8) is 0 Å². The minimum absolute atomic E-state index is 0.274. The van der Waals surface area contributed by atoms with Gasteiger partial charge >= 0.3 is 0 Å². The fraction of sp³-hybridized carbons (Fsp3) is 0.333. The molecule has 3 nitrogen and oxygen atoms in total. The first-order valence-corrected chi connectivity index (χ1v) is 6.52. The van der Waals surface area contributed by atoms with Crippen molar-refractivity contribution in [2.24, 2.45) is 0 Å². The van der Waals surface area contributed by atoms with Gasteiger partial charge in [0, 0.05) is 18.3 Å². The highest BCUT2D eigenvalue weighted by molar-refractivity contribution is 5.41. The van der Waals surface area contributed by atoms with Crippen LogP contribution in [-0.2, 0) is 13.1 Å². The van der Waals surface area contributed by atoms with E-state index in [1.807, 2.05) is 18.2 Å². The van der Waals surface area contributed by atoms with Gasteiger partial charge in [0.05, 0.1) is 12.8 Å². The summed E-state index contributed by atoms with van der Waals surface area (Å²) < 4.78 is 18.7. The first-order valence-electron chi connectivity index (χ1n) is 6.52. The third-order valence-corrected chi connectivity index (χ3v) is 3.37. The second-order valence-electron chi connectivity index (χ2n) is 5.11. The lowest BCUT2D eigenvalue weighted by molar-refractivity contribution is 0.225. The molecule has 1 aromatic carbocycles. The van der Waals surface area contributed by atoms with Crippen molar-refractivity contribution in [3.05, 3.63) is 53.7 Å². The lowest BCUT2D eigenvalue weighted by atomic mass is 10.1. The van der Waals surface area contributed by atoms with Gasteiger partial charge in [0.1, 0.15) is 11.6 Å². The quantitative estimate of drug-likeness (QED) is 0.840. The van der Waals surface area contributed by atoms with Gasteiger partial charge in [0.15, 0.2) is 0 Å². The third kappa shape index (κ3) is 3.15. The number of benzene rings is 1. The first-order chi connectivity index (χ1) is 9.20. The van der Waals surface area contributed by atoms with Crippen LogP contribution < -0.4 is 5.73 Å². The smallest absolute Gasteiger partial charge is 0.125 e. The Balaban J connectivity index is 1.74. The molecule has 1 aliphatic rings. The number of nitrogens with two attached hydrogens (primary N) is 1. The highest BCUT2D eigenvalue weighted by Crippen LogP contribution is 2.30. The average molecular weight is 260 g/mol. The Kier molecular flexibility index (Phi) is 3.25. The summed E-state index contributed by atoms with van der Waals surface area (Å²) in [7, 11) is 0. The van der Waals surface area contributed by atoms with E-state index in [-0.39, 0.29) is 5.82 Å². The van der Waals surface area contributed by atoms with Crippen molar-refractivity contribution in [2.75, 3.05) is 5.73 Å². The standard InChI is InChI=1S/C15H17FN2O/c16-12-6-11(7-13(17)8-12)9-18(14-3-4-14)10-15-2-1-5-19-15/h1-2,5-8,14H,3-4,9-10,17H2. The molecular weight excluding hydrogens is 243 g/mol. The number of hydrogen-bond acceptors (Lipinski definition) is 3. The molecule has 2 N–H and O–H groups in total. The van der Waals surface area contributed by atoms with E-state index in [1.54, 1.807) is 12.3 Å². The molecule has 0 atom stereocenters. The molecule has 1 fully saturated rings. The molecule has 19 heavy (non-hydrogen) atoms. The van der Waals surface area contributed by atoms with Gasteiger partial charge < -0.3 is 10.2 Å². The molecule has 1 saturated carbocycles. The number of rotatable bonds is 5. The maximum absolute atomic E-state index is 13.4. The summed E-state index contributed by atoms with van der Waals surface area (Å²) in [5, 5.41) is 0. The van der Waals surface area contributed by atoms with Gasteiger partial charge in [-0.1, -0.05) is 0 Å². The zero-order valence-electron chi connectivity index (χ0n) is 10.7. The van der Waals surface area contributed by atoms with E-state index in [0.29, 0.717) is 18.3 Å². The normalized spacial score (nSPS) is 15.1. The SMILES string of the molecule is Nc1cc(F)cc(CN(Cc2ccco2)C2CC2)c1. The third-order valence-electron chi connectivity index (χ3n) is 3.37. The molecule has 0 amide bonds. The Hall–Kier alpha value is -1.81. The number of nitrogen functional groups attached to an aromatic ring is 1. The molecule has 4 heteroatoms. The molecule has 100 valence electrons. The van der Waals surface area contributed by atoms with Crippen molar-refractivity contribution in [2.45, 2.75) is 32.0 Å². The van der Waals surface area contributed by atoms with Crippen molar-refractivity contribution in [3.8, 4) is 0 Å². The molecule has 1 aromatic heterocycles. The summed E-state index contributed by atoms with van der Waals surface area (Å²) in [6, 6.07) is 9.16. The Morgan fingerprint density at radius 3 is 2.74 bits per heavy atom. The topological polar surface area (TPSA) is 42.4 Å². The van der Waals surface area contributed by atoms with Crippen LogP contribution in [-0.4, -0.2) is 10.9 Å². The molecular formula is C15H17FN2O. The Morgan fingerprint density at radius 2 is 2.11 bits per heavy atom. The Labute approximate surface area is 111 Å². The fourth-order valence-electron chi connectivity index (χ4n) is 2.36. The fourth-order valence-corrected chi connectivity index (χ4v) is 2.36. The Bertz CT molecular complexity index is 529. The minimum Gasteiger partial charge on any atom is -0.468 e. The molecule has 0 aliphatic heterocycles. The van der Waals surface area contributed by atoms with E-state index in [0.717, 1.165) is 17.9 Å². The van der Waals surface area contributed by atoms with Crippen molar-refractivity contribution < 1.29 is 8.81 Å². The van der Waals surface area contributed by atoms with Crippen molar-refractivity contribution in [1.82, 2.24) is 4.90 Å². The van der Waals surface area contributed by atoms with Crippen LogP contribution in [0.4, 0.5) is 10.1 Å². The number of nitrogens with zero attached hydrogens (tertiary/aromatic N) is 1. The monoisotopic (exact) mass is 260 g/mol. The lowest BCUT2D eigenvalue weighted by Crippen LogP contribution is -2.24. The predicted octanol–water partition coefficient (Wildman–Crippen LogP) is 3.17. The number of hydrogen-bond donors (Lipinski definition) is 1. The summed E-state index contributed by atoms with van der Waals surface area (Å²) >= 11 is 0. The molecule has 1 heterocycles. The van der Waals surface area contributed by atoms with Gasteiger partial charge in [-0.2, -0.15) is 0 Å². The lowest BCUT2D eigenvalue weighted by Gasteiger charge is -2.21. The van der Waals surface area contributed by atoms with Gasteiger partial charge in [-0.05, 0) is 48.7 Å². The van der Waals surface area contributed by atoms with Crippen LogP contribution in [0.1, 0.15) is 24.2 Å². The van der Waals surface area contributed by atoms with Gasteiger partial charge in [0.25, 0.3) is 0 Å². The van der Waals surface area contributed by atoms with Gasteiger partial charge in [-0.25, -0.2) is 4.39 Å². The largest absolute Gasteiger partial charge is 0.468 e. The second-order valence-corrected chi connectivity index (χ2v) is 5.11.